The van der Waals surface area contributed by atoms with Crippen LogP contribution in [0.3, 0.4) is 0 Å². The van der Waals surface area contributed by atoms with Crippen molar-refractivity contribution in [2.75, 3.05) is 5.75 Å². The first kappa shape index (κ1) is 18.8. The average Bonchev–Trinajstić information content (AvgIpc) is 2.65. The lowest BCUT2D eigenvalue weighted by Gasteiger charge is -2.15. The Hall–Kier alpha value is -2.93. The SMILES string of the molecule is Cc1cc(SC[C@H](NC(=O)c2ccccc2)C(=O)O)c2cc(F)ccc2n1. The number of nitrogens with one attached hydrogen (secondary N) is 1. The van der Waals surface area contributed by atoms with Crippen molar-refractivity contribution in [3.8, 4) is 0 Å². The Bertz CT molecular complexity index is 995. The van der Waals surface area contributed by atoms with Crippen LogP contribution in [0.4, 0.5) is 4.39 Å². The molecule has 1 heterocycles. The monoisotopic (exact) mass is 384 g/mol. The number of fused-ring (bicyclic) bond motifs is 1. The van der Waals surface area contributed by atoms with E-state index in [4.69, 9.17) is 0 Å². The molecule has 2 aromatic carbocycles. The van der Waals surface area contributed by atoms with Crippen LogP contribution in [0.2, 0.25) is 0 Å². The van der Waals surface area contributed by atoms with Crippen molar-refractivity contribution in [3.05, 3.63) is 71.7 Å². The summed E-state index contributed by atoms with van der Waals surface area (Å²) in [6.45, 7) is 1.82. The lowest BCUT2D eigenvalue weighted by molar-refractivity contribution is -0.138. The summed E-state index contributed by atoms with van der Waals surface area (Å²) in [5.74, 6) is -1.87. The van der Waals surface area contributed by atoms with Crippen LogP contribution in [-0.4, -0.2) is 33.8 Å². The molecule has 2 N–H and O–H groups in total. The van der Waals surface area contributed by atoms with Gasteiger partial charge in [-0.15, -0.1) is 11.8 Å². The van der Waals surface area contributed by atoms with E-state index >= 15 is 0 Å². The molecule has 0 aliphatic rings. The number of pyridine rings is 1. The summed E-state index contributed by atoms with van der Waals surface area (Å²) in [5, 5.41) is 12.6. The summed E-state index contributed by atoms with van der Waals surface area (Å²) in [6, 6.07) is 13.4. The van der Waals surface area contributed by atoms with E-state index in [-0.39, 0.29) is 11.6 Å². The third-order valence-corrected chi connectivity index (χ3v) is 5.05. The van der Waals surface area contributed by atoms with Crippen molar-refractivity contribution in [1.82, 2.24) is 10.3 Å². The van der Waals surface area contributed by atoms with Gasteiger partial charge in [0.2, 0.25) is 0 Å². The highest BCUT2D eigenvalue weighted by atomic mass is 32.2. The van der Waals surface area contributed by atoms with Crippen LogP contribution in [0.5, 0.6) is 0 Å². The minimum Gasteiger partial charge on any atom is -0.480 e. The molecule has 7 heteroatoms. The molecule has 0 fully saturated rings. The second-order valence-corrected chi connectivity index (χ2v) is 7.03. The van der Waals surface area contributed by atoms with E-state index in [0.717, 1.165) is 10.6 Å². The normalized spacial score (nSPS) is 11.9. The first-order valence-corrected chi connectivity index (χ1v) is 9.21. The molecule has 0 saturated carbocycles. The van der Waals surface area contributed by atoms with Crippen LogP contribution in [0, 0.1) is 12.7 Å². The lowest BCUT2D eigenvalue weighted by atomic mass is 10.2. The number of rotatable bonds is 6. The highest BCUT2D eigenvalue weighted by molar-refractivity contribution is 7.99. The largest absolute Gasteiger partial charge is 0.480 e. The topological polar surface area (TPSA) is 79.3 Å². The van der Waals surface area contributed by atoms with Crippen LogP contribution in [-0.2, 0) is 4.79 Å². The first-order valence-electron chi connectivity index (χ1n) is 8.22. The maximum absolute atomic E-state index is 13.6. The molecule has 0 aliphatic carbocycles. The van der Waals surface area contributed by atoms with E-state index in [9.17, 15) is 19.1 Å². The van der Waals surface area contributed by atoms with E-state index < -0.39 is 17.9 Å². The van der Waals surface area contributed by atoms with Gasteiger partial charge in [0.15, 0.2) is 0 Å². The van der Waals surface area contributed by atoms with Gasteiger partial charge < -0.3 is 10.4 Å². The number of carboxylic acids is 1. The minimum absolute atomic E-state index is 0.100. The second kappa shape index (κ2) is 8.18. The van der Waals surface area contributed by atoms with E-state index in [1.54, 1.807) is 42.5 Å². The second-order valence-electron chi connectivity index (χ2n) is 5.96. The van der Waals surface area contributed by atoms with E-state index in [1.165, 1.54) is 23.9 Å². The number of hydrogen-bond acceptors (Lipinski definition) is 4. The number of halogens is 1. The van der Waals surface area contributed by atoms with E-state index in [0.29, 0.717) is 16.5 Å². The van der Waals surface area contributed by atoms with Crippen molar-refractivity contribution in [2.45, 2.75) is 17.9 Å². The van der Waals surface area contributed by atoms with Gasteiger partial charge >= 0.3 is 5.97 Å². The Labute approximate surface area is 159 Å². The Morgan fingerprint density at radius 1 is 1.19 bits per heavy atom. The summed E-state index contributed by atoms with van der Waals surface area (Å²) in [5.41, 5.74) is 1.77. The number of thioether (sulfide) groups is 1. The minimum atomic E-state index is -1.13. The third-order valence-electron chi connectivity index (χ3n) is 3.91. The molecule has 0 spiro atoms. The number of hydrogen-bond donors (Lipinski definition) is 2. The van der Waals surface area contributed by atoms with E-state index in [2.05, 4.69) is 10.3 Å². The van der Waals surface area contributed by atoms with Gasteiger partial charge in [-0.1, -0.05) is 18.2 Å². The van der Waals surface area contributed by atoms with Crippen molar-refractivity contribution in [1.29, 1.82) is 0 Å². The standard InChI is InChI=1S/C20H17FN2O3S/c1-12-9-18(15-10-14(21)7-8-16(15)22-12)27-11-17(20(25)26)23-19(24)13-5-3-2-4-6-13/h2-10,17H,11H2,1H3,(H,23,24)(H,25,26)/t17-/m0/s1. The molecule has 3 rings (SSSR count). The summed E-state index contributed by atoms with van der Waals surface area (Å²) in [7, 11) is 0. The number of carbonyl (C=O) groups excluding carboxylic acids is 1. The first-order chi connectivity index (χ1) is 12.9. The highest BCUT2D eigenvalue weighted by Gasteiger charge is 2.21. The molecule has 0 unspecified atom stereocenters. The molecule has 1 amide bonds. The van der Waals surface area contributed by atoms with Crippen LogP contribution < -0.4 is 5.32 Å². The summed E-state index contributed by atoms with van der Waals surface area (Å²) >= 11 is 1.24. The number of nitrogens with zero attached hydrogens (tertiary/aromatic N) is 1. The predicted octanol–water partition coefficient (Wildman–Crippen LogP) is 3.66. The molecular formula is C20H17FN2O3S. The fourth-order valence-corrected chi connectivity index (χ4v) is 3.74. The average molecular weight is 384 g/mol. The van der Waals surface area contributed by atoms with Crippen LogP contribution in [0.25, 0.3) is 10.9 Å². The number of carbonyl (C=O) groups is 2. The molecule has 1 aromatic heterocycles. The van der Waals surface area contributed by atoms with Gasteiger partial charge in [-0.05, 0) is 43.3 Å². The zero-order valence-electron chi connectivity index (χ0n) is 14.5. The molecule has 27 heavy (non-hydrogen) atoms. The molecule has 0 aliphatic heterocycles. The van der Waals surface area contributed by atoms with Gasteiger partial charge in [-0.25, -0.2) is 9.18 Å². The van der Waals surface area contributed by atoms with Crippen LogP contribution >= 0.6 is 11.8 Å². The van der Waals surface area contributed by atoms with Crippen LogP contribution in [0.1, 0.15) is 16.1 Å². The maximum Gasteiger partial charge on any atom is 0.327 e. The molecule has 0 radical (unpaired) electrons. The maximum atomic E-state index is 13.6. The zero-order valence-corrected chi connectivity index (χ0v) is 15.3. The van der Waals surface area contributed by atoms with Crippen LogP contribution in [0.15, 0.2) is 59.5 Å². The molecule has 138 valence electrons. The summed E-state index contributed by atoms with van der Waals surface area (Å²) in [4.78, 5) is 28.9. The number of aromatic nitrogens is 1. The van der Waals surface area contributed by atoms with Crippen molar-refractivity contribution in [3.63, 3.8) is 0 Å². The molecular weight excluding hydrogens is 367 g/mol. The Morgan fingerprint density at radius 3 is 2.63 bits per heavy atom. The molecule has 1 atom stereocenters. The van der Waals surface area contributed by atoms with Crippen molar-refractivity contribution in [2.24, 2.45) is 0 Å². The fraction of sp³-hybridized carbons (Fsp3) is 0.150. The van der Waals surface area contributed by atoms with Crippen molar-refractivity contribution < 1.29 is 19.1 Å². The van der Waals surface area contributed by atoms with Crippen molar-refractivity contribution >= 4 is 34.5 Å². The Morgan fingerprint density at radius 2 is 1.93 bits per heavy atom. The third kappa shape index (κ3) is 4.62. The molecule has 5 nitrogen and oxygen atoms in total. The highest BCUT2D eigenvalue weighted by Crippen LogP contribution is 2.29. The van der Waals surface area contributed by atoms with Gasteiger partial charge in [-0.3, -0.25) is 9.78 Å². The fourth-order valence-electron chi connectivity index (χ4n) is 2.59. The number of aryl methyl sites for hydroxylation is 1. The molecule has 0 bridgehead atoms. The number of carboxylic acid groups (broad SMARTS) is 1. The zero-order chi connectivity index (χ0) is 19.4. The quantitative estimate of drug-likeness (QED) is 0.634. The van der Waals surface area contributed by atoms with Gasteiger partial charge in [-0.2, -0.15) is 0 Å². The summed E-state index contributed by atoms with van der Waals surface area (Å²) < 4.78 is 13.6. The smallest absolute Gasteiger partial charge is 0.327 e. The Kier molecular flexibility index (Phi) is 5.71. The lowest BCUT2D eigenvalue weighted by Crippen LogP contribution is -2.42. The predicted molar refractivity (Wildman–Crippen MR) is 102 cm³/mol. The number of aliphatic carboxylic acids is 1. The Balaban J connectivity index is 1.79. The van der Waals surface area contributed by atoms with Gasteiger partial charge in [0.25, 0.3) is 5.91 Å². The van der Waals surface area contributed by atoms with Gasteiger partial charge in [0.1, 0.15) is 11.9 Å². The molecule has 3 aromatic rings. The summed E-state index contributed by atoms with van der Waals surface area (Å²) in [6.07, 6.45) is 0. The number of benzene rings is 2. The number of amides is 1. The molecule has 0 saturated heterocycles. The van der Waals surface area contributed by atoms with E-state index in [1.807, 2.05) is 6.92 Å². The van der Waals surface area contributed by atoms with Gasteiger partial charge in [0, 0.05) is 27.3 Å². The van der Waals surface area contributed by atoms with Gasteiger partial charge in [0.05, 0.1) is 5.52 Å².